The summed E-state index contributed by atoms with van der Waals surface area (Å²) in [6.07, 6.45) is 0. The van der Waals surface area contributed by atoms with Gasteiger partial charge < -0.3 is 0 Å². The maximum Gasteiger partial charge on any atom is 0.150 e. The Hall–Kier alpha value is -0.190. The smallest absolute Gasteiger partial charge is 0.150 e. The van der Waals surface area contributed by atoms with Crippen LogP contribution in [0.25, 0.3) is 0 Å². The molecular weight excluding hydrogens is 264 g/mol. The van der Waals surface area contributed by atoms with Gasteiger partial charge >= 0.3 is 0 Å². The van der Waals surface area contributed by atoms with Crippen molar-refractivity contribution in [2.24, 2.45) is 0 Å². The summed E-state index contributed by atoms with van der Waals surface area (Å²) in [4.78, 5) is 1.08. The first-order valence-corrected chi connectivity index (χ1v) is 8.39. The summed E-state index contributed by atoms with van der Waals surface area (Å²) < 4.78 is 22.5. The van der Waals surface area contributed by atoms with Gasteiger partial charge in [-0.2, -0.15) is 0 Å². The number of halogens is 1. The van der Waals surface area contributed by atoms with Gasteiger partial charge in [-0.3, -0.25) is 0 Å². The van der Waals surface area contributed by atoms with Gasteiger partial charge in [-0.15, -0.1) is 23.4 Å². The van der Waals surface area contributed by atoms with E-state index in [9.17, 15) is 8.42 Å². The van der Waals surface area contributed by atoms with E-state index in [1.807, 2.05) is 24.3 Å². The summed E-state index contributed by atoms with van der Waals surface area (Å²) in [6, 6.07) is 7.87. The summed E-state index contributed by atoms with van der Waals surface area (Å²) in [6.45, 7) is 1.68. The molecule has 0 aliphatic rings. The number of alkyl halides is 1. The van der Waals surface area contributed by atoms with E-state index in [1.165, 1.54) is 0 Å². The maximum absolute atomic E-state index is 11.3. The minimum Gasteiger partial charge on any atom is -0.229 e. The SMILES string of the molecule is CCS(=O)(=O)CCSc1ccc(CCl)cc1. The summed E-state index contributed by atoms with van der Waals surface area (Å²) in [5.41, 5.74) is 1.08. The molecule has 0 aliphatic carbocycles. The standard InChI is InChI=1S/C11H15ClO2S2/c1-2-16(13,14)8-7-15-11-5-3-10(9-12)4-6-11/h3-6H,2,7-9H2,1H3. The minimum atomic E-state index is -2.84. The van der Waals surface area contributed by atoms with Gasteiger partial charge in [0, 0.05) is 22.3 Å². The molecule has 0 spiro atoms. The van der Waals surface area contributed by atoms with Crippen molar-refractivity contribution in [2.45, 2.75) is 17.7 Å². The average Bonchev–Trinajstić information content (AvgIpc) is 2.30. The van der Waals surface area contributed by atoms with Gasteiger partial charge in [0.15, 0.2) is 9.84 Å². The van der Waals surface area contributed by atoms with Gasteiger partial charge in [0.25, 0.3) is 0 Å². The molecule has 5 heteroatoms. The molecule has 0 N–H and O–H groups in total. The third kappa shape index (κ3) is 4.76. The Balaban J connectivity index is 2.43. The van der Waals surface area contributed by atoms with Crippen LogP contribution in [0.3, 0.4) is 0 Å². The molecule has 1 rings (SSSR count). The molecule has 0 aliphatic heterocycles. The van der Waals surface area contributed by atoms with Crippen LogP contribution in [0.1, 0.15) is 12.5 Å². The molecule has 0 saturated carbocycles. The number of hydrogen-bond acceptors (Lipinski definition) is 3. The lowest BCUT2D eigenvalue weighted by atomic mass is 10.2. The molecule has 0 radical (unpaired) electrons. The lowest BCUT2D eigenvalue weighted by Crippen LogP contribution is -2.10. The summed E-state index contributed by atoms with van der Waals surface area (Å²) in [7, 11) is -2.84. The van der Waals surface area contributed by atoms with Crippen molar-refractivity contribution in [1.82, 2.24) is 0 Å². The fraction of sp³-hybridized carbons (Fsp3) is 0.455. The van der Waals surface area contributed by atoms with Crippen LogP contribution in [0.5, 0.6) is 0 Å². The Morgan fingerprint density at radius 1 is 1.25 bits per heavy atom. The van der Waals surface area contributed by atoms with Gasteiger partial charge in [0.2, 0.25) is 0 Å². The van der Waals surface area contributed by atoms with Crippen molar-refractivity contribution in [3.63, 3.8) is 0 Å². The first-order valence-electron chi connectivity index (χ1n) is 5.05. The third-order valence-corrected chi connectivity index (χ3v) is 5.47. The molecular formula is C11H15ClO2S2. The van der Waals surface area contributed by atoms with Crippen LogP contribution in [0.2, 0.25) is 0 Å². The fourth-order valence-corrected chi connectivity index (χ4v) is 3.49. The number of benzene rings is 1. The molecule has 1 aromatic carbocycles. The monoisotopic (exact) mass is 278 g/mol. The molecule has 1 aromatic rings. The zero-order chi connectivity index (χ0) is 12.0. The van der Waals surface area contributed by atoms with Gasteiger partial charge in [-0.05, 0) is 17.7 Å². The van der Waals surface area contributed by atoms with Crippen molar-refractivity contribution in [2.75, 3.05) is 17.3 Å². The van der Waals surface area contributed by atoms with E-state index >= 15 is 0 Å². The Bertz CT molecular complexity index is 412. The van der Waals surface area contributed by atoms with Crippen LogP contribution in [-0.4, -0.2) is 25.7 Å². The van der Waals surface area contributed by atoms with Gasteiger partial charge in [-0.1, -0.05) is 19.1 Å². The van der Waals surface area contributed by atoms with Gasteiger partial charge in [0.1, 0.15) is 0 Å². The normalized spacial score (nSPS) is 11.6. The van der Waals surface area contributed by atoms with E-state index in [1.54, 1.807) is 18.7 Å². The Morgan fingerprint density at radius 3 is 2.38 bits per heavy atom. The average molecular weight is 279 g/mol. The third-order valence-electron chi connectivity index (χ3n) is 2.18. The zero-order valence-electron chi connectivity index (χ0n) is 9.15. The second kappa shape index (κ2) is 6.52. The molecule has 0 bridgehead atoms. The molecule has 2 nitrogen and oxygen atoms in total. The summed E-state index contributed by atoms with van der Waals surface area (Å²) >= 11 is 7.24. The minimum absolute atomic E-state index is 0.221. The highest BCUT2D eigenvalue weighted by molar-refractivity contribution is 8.00. The Labute approximate surface area is 106 Å². The molecule has 0 heterocycles. The zero-order valence-corrected chi connectivity index (χ0v) is 11.5. The van der Waals surface area contributed by atoms with E-state index in [2.05, 4.69) is 0 Å². The predicted molar refractivity (Wildman–Crippen MR) is 71.1 cm³/mol. The van der Waals surface area contributed by atoms with E-state index in [0.717, 1.165) is 10.5 Å². The van der Waals surface area contributed by atoms with E-state index in [0.29, 0.717) is 11.6 Å². The number of thioether (sulfide) groups is 1. The van der Waals surface area contributed by atoms with E-state index in [-0.39, 0.29) is 11.5 Å². The van der Waals surface area contributed by atoms with E-state index in [4.69, 9.17) is 11.6 Å². The van der Waals surface area contributed by atoms with Crippen LogP contribution in [0.15, 0.2) is 29.2 Å². The molecule has 0 unspecified atom stereocenters. The molecule has 16 heavy (non-hydrogen) atoms. The highest BCUT2D eigenvalue weighted by Crippen LogP contribution is 2.19. The van der Waals surface area contributed by atoms with Crippen molar-refractivity contribution in [1.29, 1.82) is 0 Å². The first-order chi connectivity index (χ1) is 7.57. The Kier molecular flexibility index (Phi) is 5.66. The lowest BCUT2D eigenvalue weighted by molar-refractivity contribution is 0.599. The number of hydrogen-bond donors (Lipinski definition) is 0. The van der Waals surface area contributed by atoms with Crippen molar-refractivity contribution in [3.8, 4) is 0 Å². The van der Waals surface area contributed by atoms with Crippen LogP contribution in [0, 0.1) is 0 Å². The molecule has 90 valence electrons. The van der Waals surface area contributed by atoms with Crippen molar-refractivity contribution >= 4 is 33.2 Å². The molecule has 0 atom stereocenters. The number of rotatable bonds is 6. The van der Waals surface area contributed by atoms with Crippen molar-refractivity contribution in [3.05, 3.63) is 29.8 Å². The van der Waals surface area contributed by atoms with Gasteiger partial charge in [-0.25, -0.2) is 8.42 Å². The van der Waals surface area contributed by atoms with Crippen LogP contribution < -0.4 is 0 Å². The van der Waals surface area contributed by atoms with Crippen LogP contribution in [-0.2, 0) is 15.7 Å². The fourth-order valence-electron chi connectivity index (χ4n) is 1.11. The molecule has 0 amide bonds. The van der Waals surface area contributed by atoms with E-state index < -0.39 is 9.84 Å². The maximum atomic E-state index is 11.3. The molecule has 0 aromatic heterocycles. The quantitative estimate of drug-likeness (QED) is 0.593. The van der Waals surface area contributed by atoms with Crippen molar-refractivity contribution < 1.29 is 8.42 Å². The molecule has 0 saturated heterocycles. The second-order valence-corrected chi connectivity index (χ2v) is 7.27. The second-order valence-electron chi connectivity index (χ2n) is 3.36. The first kappa shape index (κ1) is 13.9. The Morgan fingerprint density at radius 2 is 1.88 bits per heavy atom. The summed E-state index contributed by atoms with van der Waals surface area (Å²) in [5.74, 6) is 1.58. The highest BCUT2D eigenvalue weighted by Gasteiger charge is 2.06. The lowest BCUT2D eigenvalue weighted by Gasteiger charge is -2.03. The topological polar surface area (TPSA) is 34.1 Å². The largest absolute Gasteiger partial charge is 0.229 e. The summed E-state index contributed by atoms with van der Waals surface area (Å²) in [5, 5.41) is 0. The predicted octanol–water partition coefficient (Wildman–Crippen LogP) is 2.95. The van der Waals surface area contributed by atoms with Crippen LogP contribution in [0.4, 0.5) is 0 Å². The number of sulfone groups is 1. The van der Waals surface area contributed by atoms with Crippen LogP contribution >= 0.6 is 23.4 Å². The van der Waals surface area contributed by atoms with Gasteiger partial charge in [0.05, 0.1) is 5.75 Å². The molecule has 0 fully saturated rings. The highest BCUT2D eigenvalue weighted by atomic mass is 35.5.